The quantitative estimate of drug-likeness (QED) is 0.423. The Morgan fingerprint density at radius 1 is 1.70 bits per heavy atom. The SMILES string of the molecule is C=C/C(F)=C\N=C(C)CC. The molecule has 0 aliphatic carbocycles. The zero-order chi connectivity index (χ0) is 7.98. The molecular weight excluding hydrogens is 129 g/mol. The van der Waals surface area contributed by atoms with Crippen molar-refractivity contribution in [1.82, 2.24) is 0 Å². The highest BCUT2D eigenvalue weighted by molar-refractivity contribution is 5.82. The molecule has 0 aliphatic heterocycles. The van der Waals surface area contributed by atoms with Crippen LogP contribution in [0, 0.1) is 0 Å². The molecule has 0 saturated heterocycles. The zero-order valence-electron chi connectivity index (χ0n) is 6.39. The Bertz CT molecular complexity index is 168. The average Bonchev–Trinajstić information content (AvgIpc) is 1.99. The number of hydrogen-bond acceptors (Lipinski definition) is 1. The summed E-state index contributed by atoms with van der Waals surface area (Å²) in [5, 5.41) is 0. The minimum atomic E-state index is -0.396. The lowest BCUT2D eigenvalue weighted by Crippen LogP contribution is -1.83. The number of hydrogen-bond donors (Lipinski definition) is 0. The summed E-state index contributed by atoms with van der Waals surface area (Å²) in [5.74, 6) is -0.396. The van der Waals surface area contributed by atoms with Crippen LogP contribution in [0.2, 0.25) is 0 Å². The predicted molar refractivity (Wildman–Crippen MR) is 42.8 cm³/mol. The molecule has 0 saturated carbocycles. The molecule has 0 radical (unpaired) electrons. The Kier molecular flexibility index (Phi) is 4.46. The van der Waals surface area contributed by atoms with E-state index in [-0.39, 0.29) is 0 Å². The van der Waals surface area contributed by atoms with Gasteiger partial charge >= 0.3 is 0 Å². The fourth-order valence-electron chi connectivity index (χ4n) is 0.316. The van der Waals surface area contributed by atoms with Crippen LogP contribution in [0.4, 0.5) is 4.39 Å². The van der Waals surface area contributed by atoms with Crippen molar-refractivity contribution in [2.75, 3.05) is 0 Å². The van der Waals surface area contributed by atoms with E-state index in [4.69, 9.17) is 0 Å². The van der Waals surface area contributed by atoms with Crippen molar-refractivity contribution >= 4 is 5.71 Å². The van der Waals surface area contributed by atoms with E-state index in [2.05, 4.69) is 11.6 Å². The van der Waals surface area contributed by atoms with Crippen LogP contribution >= 0.6 is 0 Å². The van der Waals surface area contributed by atoms with Crippen molar-refractivity contribution in [3.63, 3.8) is 0 Å². The van der Waals surface area contributed by atoms with Gasteiger partial charge in [-0.1, -0.05) is 13.5 Å². The molecule has 0 aromatic heterocycles. The van der Waals surface area contributed by atoms with Crippen LogP contribution in [0.25, 0.3) is 0 Å². The van der Waals surface area contributed by atoms with Crippen molar-refractivity contribution in [2.45, 2.75) is 20.3 Å². The van der Waals surface area contributed by atoms with Gasteiger partial charge in [-0.15, -0.1) is 0 Å². The second kappa shape index (κ2) is 4.91. The largest absolute Gasteiger partial charge is 0.263 e. The van der Waals surface area contributed by atoms with Crippen LogP contribution in [0.15, 0.2) is 29.7 Å². The summed E-state index contributed by atoms with van der Waals surface area (Å²) in [6.07, 6.45) is 3.15. The van der Waals surface area contributed by atoms with Gasteiger partial charge in [-0.25, -0.2) is 4.39 Å². The Morgan fingerprint density at radius 2 is 2.30 bits per heavy atom. The molecular formula is C8H12FN. The minimum Gasteiger partial charge on any atom is -0.263 e. The van der Waals surface area contributed by atoms with E-state index in [1.165, 1.54) is 6.20 Å². The molecule has 0 unspecified atom stereocenters. The molecule has 0 amide bonds. The summed E-state index contributed by atoms with van der Waals surface area (Å²) < 4.78 is 12.3. The van der Waals surface area contributed by atoms with Crippen molar-refractivity contribution in [3.8, 4) is 0 Å². The minimum absolute atomic E-state index is 0.396. The Balaban J connectivity index is 4.03. The van der Waals surface area contributed by atoms with Gasteiger partial charge in [0.25, 0.3) is 0 Å². The summed E-state index contributed by atoms with van der Waals surface area (Å²) in [5.41, 5.74) is 0.914. The molecule has 0 fully saturated rings. The molecule has 0 aromatic carbocycles. The molecule has 2 heteroatoms. The van der Waals surface area contributed by atoms with Gasteiger partial charge in [-0.05, 0) is 19.4 Å². The van der Waals surface area contributed by atoms with E-state index in [9.17, 15) is 4.39 Å². The maximum absolute atomic E-state index is 12.3. The number of aliphatic imine (C=N–C) groups is 1. The lowest BCUT2D eigenvalue weighted by molar-refractivity contribution is 0.664. The van der Waals surface area contributed by atoms with Crippen LogP contribution < -0.4 is 0 Å². The maximum Gasteiger partial charge on any atom is 0.140 e. The van der Waals surface area contributed by atoms with Gasteiger partial charge in [-0.3, -0.25) is 4.99 Å². The molecule has 0 spiro atoms. The summed E-state index contributed by atoms with van der Waals surface area (Å²) in [4.78, 5) is 3.82. The predicted octanol–water partition coefficient (Wildman–Crippen LogP) is 2.85. The number of nitrogens with zero attached hydrogens (tertiary/aromatic N) is 1. The highest BCUT2D eigenvalue weighted by Crippen LogP contribution is 1.97. The molecule has 56 valence electrons. The van der Waals surface area contributed by atoms with E-state index in [0.29, 0.717) is 0 Å². The molecule has 0 aromatic rings. The molecule has 0 heterocycles. The zero-order valence-corrected chi connectivity index (χ0v) is 6.39. The van der Waals surface area contributed by atoms with Gasteiger partial charge in [0.05, 0.1) is 6.20 Å². The van der Waals surface area contributed by atoms with Gasteiger partial charge in [0.15, 0.2) is 0 Å². The van der Waals surface area contributed by atoms with E-state index in [0.717, 1.165) is 18.2 Å². The van der Waals surface area contributed by atoms with Crippen LogP contribution in [-0.4, -0.2) is 5.71 Å². The molecule has 0 aliphatic rings. The molecule has 0 rings (SSSR count). The molecule has 1 nitrogen and oxygen atoms in total. The number of halogens is 1. The van der Waals surface area contributed by atoms with E-state index < -0.39 is 5.83 Å². The lowest BCUT2D eigenvalue weighted by Gasteiger charge is -1.88. The van der Waals surface area contributed by atoms with E-state index >= 15 is 0 Å². The van der Waals surface area contributed by atoms with Crippen molar-refractivity contribution in [2.24, 2.45) is 4.99 Å². The summed E-state index contributed by atoms with van der Waals surface area (Å²) >= 11 is 0. The van der Waals surface area contributed by atoms with Crippen LogP contribution in [0.1, 0.15) is 20.3 Å². The van der Waals surface area contributed by atoms with Crippen molar-refractivity contribution < 1.29 is 4.39 Å². The number of allylic oxidation sites excluding steroid dienone is 2. The fraction of sp³-hybridized carbons (Fsp3) is 0.375. The summed E-state index contributed by atoms with van der Waals surface area (Å²) in [6.45, 7) is 7.08. The summed E-state index contributed by atoms with van der Waals surface area (Å²) in [7, 11) is 0. The van der Waals surface area contributed by atoms with Crippen LogP contribution in [0.5, 0.6) is 0 Å². The lowest BCUT2D eigenvalue weighted by atomic mass is 10.3. The first kappa shape index (κ1) is 9.08. The molecule has 0 atom stereocenters. The Hall–Kier alpha value is -0.920. The standard InChI is InChI=1S/C8H12FN/c1-4-7(3)10-6-8(9)5-2/h5-6H,2,4H2,1,3H3/b8-6+,10-7?. The van der Waals surface area contributed by atoms with Gasteiger partial charge in [0.1, 0.15) is 5.83 Å². The van der Waals surface area contributed by atoms with Gasteiger partial charge in [0.2, 0.25) is 0 Å². The molecule has 0 bridgehead atoms. The number of rotatable bonds is 3. The first-order valence-electron chi connectivity index (χ1n) is 3.22. The smallest absolute Gasteiger partial charge is 0.140 e. The monoisotopic (exact) mass is 141 g/mol. The highest BCUT2D eigenvalue weighted by Gasteiger charge is 1.83. The van der Waals surface area contributed by atoms with Gasteiger partial charge < -0.3 is 0 Å². The second-order valence-corrected chi connectivity index (χ2v) is 1.94. The first-order chi connectivity index (χ1) is 4.70. The van der Waals surface area contributed by atoms with Gasteiger partial charge in [0, 0.05) is 5.71 Å². The Morgan fingerprint density at radius 3 is 2.70 bits per heavy atom. The topological polar surface area (TPSA) is 12.4 Å². The third-order valence-corrected chi connectivity index (χ3v) is 1.11. The van der Waals surface area contributed by atoms with Gasteiger partial charge in [-0.2, -0.15) is 0 Å². The molecule has 0 N–H and O–H groups in total. The van der Waals surface area contributed by atoms with Crippen LogP contribution in [-0.2, 0) is 0 Å². The van der Waals surface area contributed by atoms with Crippen molar-refractivity contribution in [1.29, 1.82) is 0 Å². The average molecular weight is 141 g/mol. The summed E-state index contributed by atoms with van der Waals surface area (Å²) in [6, 6.07) is 0. The van der Waals surface area contributed by atoms with Crippen LogP contribution in [0.3, 0.4) is 0 Å². The van der Waals surface area contributed by atoms with Crippen molar-refractivity contribution in [3.05, 3.63) is 24.7 Å². The maximum atomic E-state index is 12.3. The third kappa shape index (κ3) is 4.01. The first-order valence-corrected chi connectivity index (χ1v) is 3.22. The van der Waals surface area contributed by atoms with E-state index in [1.807, 2.05) is 13.8 Å². The normalized spacial score (nSPS) is 13.5. The molecule has 10 heavy (non-hydrogen) atoms. The van der Waals surface area contributed by atoms with E-state index in [1.54, 1.807) is 0 Å². The highest BCUT2D eigenvalue weighted by atomic mass is 19.1. The second-order valence-electron chi connectivity index (χ2n) is 1.94. The Labute approximate surface area is 61.0 Å². The fourth-order valence-corrected chi connectivity index (χ4v) is 0.316. The third-order valence-electron chi connectivity index (χ3n) is 1.11.